The lowest BCUT2D eigenvalue weighted by Crippen LogP contribution is -1.99. The second-order valence-corrected chi connectivity index (χ2v) is 1.30. The average Bonchev–Trinajstić information content (AvgIpc) is 1.99. The van der Waals surface area contributed by atoms with Gasteiger partial charge in [0.1, 0.15) is 0 Å². The summed E-state index contributed by atoms with van der Waals surface area (Å²) in [4.78, 5) is 10.4. The lowest BCUT2D eigenvalue weighted by Gasteiger charge is -1.93. The second-order valence-electron chi connectivity index (χ2n) is 1.30. The first-order valence-corrected chi connectivity index (χ1v) is 2.42. The minimum Gasteiger partial charge on any atom is -0.481 e. The Morgan fingerprint density at radius 3 is 2.78 bits per heavy atom. The van der Waals surface area contributed by atoms with Gasteiger partial charge in [0.05, 0.1) is 0 Å². The van der Waals surface area contributed by atoms with Crippen LogP contribution in [0, 0.1) is 0 Å². The molecule has 0 aromatic heterocycles. The van der Waals surface area contributed by atoms with Gasteiger partial charge < -0.3 is 10.8 Å². The number of carboxylic acids is 1. The molecule has 3 nitrogen and oxygen atoms in total. The number of hydrogen-bond donors (Lipinski definition) is 2. The average molecular weight is 137 g/mol. The number of carboxylic acid groups (broad SMARTS) is 1. The highest BCUT2D eigenvalue weighted by molar-refractivity contribution is 5.66. The van der Waals surface area contributed by atoms with Crippen molar-refractivity contribution in [1.29, 1.82) is 0 Å². The minimum atomic E-state index is -2.62. The molecule has 0 amide bonds. The van der Waals surface area contributed by atoms with Gasteiger partial charge in [0, 0.05) is 14.6 Å². The second kappa shape index (κ2) is 5.56. The van der Waals surface area contributed by atoms with Gasteiger partial charge in [-0.2, -0.15) is 0 Å². The van der Waals surface area contributed by atoms with Crippen molar-refractivity contribution in [3.05, 3.63) is 0 Å². The SMILES string of the molecule is [2H]C([2H])(CCC([2H])([2H])C([2H])([2H])N)C(=O)O. The summed E-state index contributed by atoms with van der Waals surface area (Å²) in [5.41, 5.74) is 4.91. The summed E-state index contributed by atoms with van der Waals surface area (Å²) in [6.45, 7) is -2.62. The van der Waals surface area contributed by atoms with Crippen LogP contribution in [-0.4, -0.2) is 17.6 Å². The van der Waals surface area contributed by atoms with E-state index >= 15 is 0 Å². The zero-order valence-electron chi connectivity index (χ0n) is 10.8. The normalized spacial score (nSPS) is 24.1. The molecule has 9 heavy (non-hydrogen) atoms. The predicted octanol–water partition coefficient (Wildman–Crippen LogP) is 0.590. The standard InChI is InChI=1S/C6H13NO2/c7-5-3-1-2-4-6(8)9/h1-5,7H2,(H,8,9)/i3D2,4D2,5D2. The highest BCUT2D eigenvalue weighted by Gasteiger charge is 1.94. The fourth-order valence-corrected chi connectivity index (χ4v) is 0.304. The Balaban J connectivity index is 4.47. The van der Waals surface area contributed by atoms with Gasteiger partial charge in [0.2, 0.25) is 0 Å². The van der Waals surface area contributed by atoms with Crippen molar-refractivity contribution in [2.75, 3.05) is 6.50 Å². The van der Waals surface area contributed by atoms with E-state index in [1.54, 1.807) is 0 Å². The molecule has 0 spiro atoms. The lowest BCUT2D eigenvalue weighted by atomic mass is 10.2. The summed E-state index contributed by atoms with van der Waals surface area (Å²) in [6.07, 6.45) is -6.27. The lowest BCUT2D eigenvalue weighted by molar-refractivity contribution is -0.137. The van der Waals surface area contributed by atoms with Crippen molar-refractivity contribution in [1.82, 2.24) is 0 Å². The van der Waals surface area contributed by atoms with Crippen molar-refractivity contribution in [3.8, 4) is 0 Å². The summed E-state index contributed by atoms with van der Waals surface area (Å²) in [6, 6.07) is 0. The van der Waals surface area contributed by atoms with E-state index in [0.29, 0.717) is 0 Å². The largest absolute Gasteiger partial charge is 0.481 e. The highest BCUT2D eigenvalue weighted by atomic mass is 16.4. The number of carbonyl (C=O) groups is 1. The van der Waals surface area contributed by atoms with Crippen LogP contribution in [0.25, 0.3) is 0 Å². The van der Waals surface area contributed by atoms with Crippen LogP contribution in [0.5, 0.6) is 0 Å². The van der Waals surface area contributed by atoms with Crippen molar-refractivity contribution in [2.45, 2.75) is 25.6 Å². The fourth-order valence-electron chi connectivity index (χ4n) is 0.304. The molecule has 0 aliphatic heterocycles. The van der Waals surface area contributed by atoms with Crippen LogP contribution in [0.2, 0.25) is 0 Å². The molecule has 3 N–H and O–H groups in total. The summed E-state index contributed by atoms with van der Waals surface area (Å²) in [5.74, 6) is -1.70. The van der Waals surface area contributed by atoms with Crippen LogP contribution in [0.1, 0.15) is 33.8 Å². The first-order valence-electron chi connectivity index (χ1n) is 5.42. The predicted molar refractivity (Wildman–Crippen MR) is 35.2 cm³/mol. The summed E-state index contributed by atoms with van der Waals surface area (Å²) in [7, 11) is 0. The molecule has 54 valence electrons. The zero-order valence-corrected chi connectivity index (χ0v) is 4.85. The van der Waals surface area contributed by atoms with E-state index in [1.165, 1.54) is 0 Å². The molecule has 0 aliphatic carbocycles. The maximum absolute atomic E-state index is 10.4. The van der Waals surface area contributed by atoms with E-state index in [1.807, 2.05) is 0 Å². The van der Waals surface area contributed by atoms with Crippen LogP contribution in [0.3, 0.4) is 0 Å². The Hall–Kier alpha value is -0.570. The van der Waals surface area contributed by atoms with Crippen LogP contribution in [0.15, 0.2) is 0 Å². The van der Waals surface area contributed by atoms with Crippen LogP contribution >= 0.6 is 0 Å². The third-order valence-corrected chi connectivity index (χ3v) is 0.628. The summed E-state index contributed by atoms with van der Waals surface area (Å²) in [5, 5.41) is 8.42. The quantitative estimate of drug-likeness (QED) is 0.583. The molecule has 0 rings (SSSR count). The number of nitrogens with two attached hydrogens (primary N) is 1. The van der Waals surface area contributed by atoms with Gasteiger partial charge >= 0.3 is 5.97 Å². The van der Waals surface area contributed by atoms with Crippen molar-refractivity contribution in [3.63, 3.8) is 0 Å². The van der Waals surface area contributed by atoms with Gasteiger partial charge in [-0.3, -0.25) is 4.79 Å². The Morgan fingerprint density at radius 1 is 1.67 bits per heavy atom. The van der Waals surface area contributed by atoms with Crippen molar-refractivity contribution >= 4 is 5.97 Å². The van der Waals surface area contributed by atoms with E-state index in [4.69, 9.17) is 19.1 Å². The smallest absolute Gasteiger partial charge is 0.303 e. The topological polar surface area (TPSA) is 63.3 Å². The highest BCUT2D eigenvalue weighted by Crippen LogP contribution is 1.97. The first kappa shape index (κ1) is 2.58. The van der Waals surface area contributed by atoms with Crippen molar-refractivity contribution in [2.24, 2.45) is 5.73 Å². The number of aliphatic carboxylic acids is 1. The molecule has 0 saturated heterocycles. The molecule has 0 radical (unpaired) electrons. The van der Waals surface area contributed by atoms with Crippen molar-refractivity contribution < 1.29 is 18.1 Å². The molecular formula is C6H13NO2. The van der Waals surface area contributed by atoms with Gasteiger partial charge in [0.25, 0.3) is 0 Å². The molecule has 0 heterocycles. The maximum atomic E-state index is 10.4. The monoisotopic (exact) mass is 137 g/mol. The third kappa shape index (κ3) is 7.43. The third-order valence-electron chi connectivity index (χ3n) is 0.628. The number of hydrogen-bond acceptors (Lipinski definition) is 2. The minimum absolute atomic E-state index is 0.601. The molecule has 0 aliphatic rings. The molecule has 0 aromatic rings. The Bertz CT molecular complexity index is 248. The van der Waals surface area contributed by atoms with Gasteiger partial charge in [0.15, 0.2) is 0 Å². The van der Waals surface area contributed by atoms with E-state index in [-0.39, 0.29) is 0 Å². The zero-order chi connectivity index (χ0) is 12.5. The fraction of sp³-hybridized carbons (Fsp3) is 0.833. The Morgan fingerprint density at radius 2 is 2.33 bits per heavy atom. The van der Waals surface area contributed by atoms with Gasteiger partial charge in [-0.25, -0.2) is 0 Å². The first-order chi connectivity index (χ1) is 6.40. The molecule has 0 aromatic carbocycles. The Labute approximate surface area is 63.3 Å². The van der Waals surface area contributed by atoms with Gasteiger partial charge in [-0.05, 0) is 19.3 Å². The molecule has 3 heteroatoms. The van der Waals surface area contributed by atoms with E-state index in [0.717, 1.165) is 0 Å². The van der Waals surface area contributed by atoms with E-state index in [9.17, 15) is 4.79 Å². The van der Waals surface area contributed by atoms with E-state index in [2.05, 4.69) is 0 Å². The van der Waals surface area contributed by atoms with E-state index < -0.39 is 38.1 Å². The number of rotatable bonds is 5. The van der Waals surface area contributed by atoms with Crippen LogP contribution < -0.4 is 5.73 Å². The maximum Gasteiger partial charge on any atom is 0.303 e. The van der Waals surface area contributed by atoms with Crippen LogP contribution in [0.4, 0.5) is 0 Å². The summed E-state index contributed by atoms with van der Waals surface area (Å²) >= 11 is 0. The molecule has 0 fully saturated rings. The molecular weight excluding hydrogens is 118 g/mol. The van der Waals surface area contributed by atoms with Gasteiger partial charge in [-0.1, -0.05) is 6.42 Å². The Kier molecular flexibility index (Phi) is 1.60. The van der Waals surface area contributed by atoms with Crippen LogP contribution in [-0.2, 0) is 4.79 Å². The molecule has 0 bridgehead atoms. The summed E-state index contributed by atoms with van der Waals surface area (Å²) < 4.78 is 42.3. The van der Waals surface area contributed by atoms with Gasteiger partial charge in [-0.15, -0.1) is 0 Å². The molecule has 0 unspecified atom stereocenters. The molecule has 0 atom stereocenters. The molecule has 0 saturated carbocycles.